The third-order valence-electron chi connectivity index (χ3n) is 2.63. The SMILES string of the molecule is CC(=O)CC(=O)c1c(C)cc2c(c1N)=NC(=O)N=2. The number of carbonyl (C=O) groups is 3. The number of hydrogen-bond donors (Lipinski definition) is 1. The summed E-state index contributed by atoms with van der Waals surface area (Å²) in [4.78, 5) is 41.3. The van der Waals surface area contributed by atoms with E-state index in [1.165, 1.54) is 6.92 Å². The molecule has 92 valence electrons. The van der Waals surface area contributed by atoms with Crippen molar-refractivity contribution < 1.29 is 14.4 Å². The van der Waals surface area contributed by atoms with Crippen molar-refractivity contribution in [3.8, 4) is 0 Å². The molecule has 0 aliphatic carbocycles. The number of nitrogen functional groups attached to an aromatic ring is 1. The van der Waals surface area contributed by atoms with Gasteiger partial charge in [0, 0.05) is 5.56 Å². The van der Waals surface area contributed by atoms with Gasteiger partial charge in [0.15, 0.2) is 5.78 Å². The number of rotatable bonds is 3. The van der Waals surface area contributed by atoms with Gasteiger partial charge in [-0.3, -0.25) is 9.59 Å². The normalized spacial score (nSPS) is 12.7. The molecule has 1 aromatic carbocycles. The van der Waals surface area contributed by atoms with Crippen LogP contribution in [-0.2, 0) is 4.79 Å². The third kappa shape index (κ3) is 1.92. The molecular weight excluding hydrogens is 234 g/mol. The van der Waals surface area contributed by atoms with Crippen molar-refractivity contribution in [1.82, 2.24) is 0 Å². The van der Waals surface area contributed by atoms with Crippen molar-refractivity contribution in [3.05, 3.63) is 27.9 Å². The zero-order chi connectivity index (χ0) is 13.4. The molecule has 0 saturated carbocycles. The highest BCUT2D eigenvalue weighted by Crippen LogP contribution is 2.14. The number of hydrogen-bond acceptors (Lipinski definition) is 4. The van der Waals surface area contributed by atoms with Crippen LogP contribution in [0.2, 0.25) is 0 Å². The van der Waals surface area contributed by atoms with Gasteiger partial charge in [0.2, 0.25) is 0 Å². The first-order chi connectivity index (χ1) is 8.40. The van der Waals surface area contributed by atoms with E-state index in [4.69, 9.17) is 5.73 Å². The fourth-order valence-electron chi connectivity index (χ4n) is 1.93. The van der Waals surface area contributed by atoms with Crippen LogP contribution in [-0.4, -0.2) is 17.6 Å². The molecule has 1 heterocycles. The highest BCUT2D eigenvalue weighted by atomic mass is 16.2. The van der Waals surface area contributed by atoms with Crippen LogP contribution in [0.5, 0.6) is 0 Å². The lowest BCUT2D eigenvalue weighted by atomic mass is 9.99. The lowest BCUT2D eigenvalue weighted by molar-refractivity contribution is -0.116. The minimum Gasteiger partial charge on any atom is -0.396 e. The van der Waals surface area contributed by atoms with Gasteiger partial charge in [-0.15, -0.1) is 0 Å². The molecule has 6 heteroatoms. The Kier molecular flexibility index (Phi) is 2.78. The van der Waals surface area contributed by atoms with Crippen molar-refractivity contribution >= 4 is 23.3 Å². The van der Waals surface area contributed by atoms with Crippen molar-refractivity contribution in [2.45, 2.75) is 20.3 Å². The van der Waals surface area contributed by atoms with E-state index in [2.05, 4.69) is 9.98 Å². The predicted octanol–water partition coefficient (Wildman–Crippen LogP) is 0.112. The fraction of sp³-hybridized carbons (Fsp3) is 0.250. The summed E-state index contributed by atoms with van der Waals surface area (Å²) in [5.74, 6) is -0.605. The van der Waals surface area contributed by atoms with Gasteiger partial charge in [0.25, 0.3) is 0 Å². The number of benzene rings is 1. The van der Waals surface area contributed by atoms with Crippen LogP contribution in [0.25, 0.3) is 0 Å². The lowest BCUT2D eigenvalue weighted by Gasteiger charge is -2.06. The number of anilines is 1. The Balaban J connectivity index is 2.66. The number of carbonyl (C=O) groups excluding carboxylic acids is 3. The van der Waals surface area contributed by atoms with E-state index in [-0.39, 0.29) is 34.6 Å². The summed E-state index contributed by atoms with van der Waals surface area (Å²) >= 11 is 0. The van der Waals surface area contributed by atoms with E-state index in [0.717, 1.165) is 0 Å². The molecule has 2 rings (SSSR count). The van der Waals surface area contributed by atoms with Crippen molar-refractivity contribution in [2.24, 2.45) is 9.98 Å². The second-order valence-corrected chi connectivity index (χ2v) is 4.16. The first kappa shape index (κ1) is 12.1. The molecule has 0 saturated heterocycles. The molecular formula is C12H11N3O3. The monoisotopic (exact) mass is 245 g/mol. The Morgan fingerprint density at radius 1 is 1.33 bits per heavy atom. The zero-order valence-corrected chi connectivity index (χ0v) is 9.98. The fourth-order valence-corrected chi connectivity index (χ4v) is 1.93. The Morgan fingerprint density at radius 2 is 2.00 bits per heavy atom. The number of nitrogens with zero attached hydrogens (tertiary/aromatic N) is 2. The van der Waals surface area contributed by atoms with E-state index >= 15 is 0 Å². The number of aryl methyl sites for hydroxylation is 1. The summed E-state index contributed by atoms with van der Waals surface area (Å²) in [6.45, 7) is 3.02. The number of urea groups is 1. The number of fused-ring (bicyclic) bond motifs is 1. The average molecular weight is 245 g/mol. The van der Waals surface area contributed by atoms with Gasteiger partial charge >= 0.3 is 6.03 Å². The molecule has 18 heavy (non-hydrogen) atoms. The smallest absolute Gasteiger partial charge is 0.368 e. The molecule has 0 atom stereocenters. The average Bonchev–Trinajstić information content (AvgIpc) is 2.57. The molecule has 2 amide bonds. The largest absolute Gasteiger partial charge is 0.396 e. The van der Waals surface area contributed by atoms with Crippen molar-refractivity contribution in [1.29, 1.82) is 0 Å². The first-order valence-corrected chi connectivity index (χ1v) is 5.33. The second kappa shape index (κ2) is 4.14. The molecule has 0 fully saturated rings. The molecule has 1 aliphatic heterocycles. The standard InChI is InChI=1S/C12H11N3O3/c1-5-3-7-11(15-12(18)14-7)10(13)9(5)8(17)4-6(2)16/h3H,4,13H2,1-2H3. The minimum atomic E-state index is -0.632. The predicted molar refractivity (Wildman–Crippen MR) is 62.9 cm³/mol. The first-order valence-electron chi connectivity index (χ1n) is 5.33. The maximum Gasteiger partial charge on any atom is 0.368 e. The molecule has 6 nitrogen and oxygen atoms in total. The Morgan fingerprint density at radius 3 is 2.61 bits per heavy atom. The van der Waals surface area contributed by atoms with E-state index in [1.54, 1.807) is 13.0 Å². The summed E-state index contributed by atoms with van der Waals surface area (Å²) in [6.07, 6.45) is -0.213. The Hall–Kier alpha value is -2.37. The molecule has 0 aromatic heterocycles. The molecule has 0 spiro atoms. The molecule has 1 aliphatic rings. The third-order valence-corrected chi connectivity index (χ3v) is 2.63. The summed E-state index contributed by atoms with van der Waals surface area (Å²) in [5, 5.41) is 0.590. The summed E-state index contributed by atoms with van der Waals surface area (Å²) < 4.78 is 0. The zero-order valence-electron chi connectivity index (χ0n) is 9.98. The number of Topliss-reactive ketones (excluding diaryl/α,β-unsaturated/α-hetero) is 2. The maximum absolute atomic E-state index is 11.9. The summed E-state index contributed by atoms with van der Waals surface area (Å²) in [7, 11) is 0. The van der Waals surface area contributed by atoms with Gasteiger partial charge in [-0.25, -0.2) is 4.79 Å². The van der Waals surface area contributed by atoms with E-state index in [1.807, 2.05) is 0 Å². The van der Waals surface area contributed by atoms with Crippen LogP contribution in [0, 0.1) is 6.92 Å². The van der Waals surface area contributed by atoms with Gasteiger partial charge in [0.1, 0.15) is 11.1 Å². The van der Waals surface area contributed by atoms with Crippen LogP contribution >= 0.6 is 0 Å². The van der Waals surface area contributed by atoms with Crippen LogP contribution in [0.15, 0.2) is 16.1 Å². The van der Waals surface area contributed by atoms with Crippen LogP contribution in [0.3, 0.4) is 0 Å². The van der Waals surface area contributed by atoms with E-state index in [0.29, 0.717) is 10.9 Å². The Bertz CT molecular complexity index is 704. The van der Waals surface area contributed by atoms with Crippen molar-refractivity contribution in [2.75, 3.05) is 5.73 Å². The summed E-state index contributed by atoms with van der Waals surface area (Å²) in [5.41, 5.74) is 6.79. The van der Waals surface area contributed by atoms with Crippen LogP contribution in [0.1, 0.15) is 29.3 Å². The molecule has 2 N–H and O–H groups in total. The van der Waals surface area contributed by atoms with E-state index in [9.17, 15) is 14.4 Å². The van der Waals surface area contributed by atoms with Crippen LogP contribution < -0.4 is 16.4 Å². The quantitative estimate of drug-likeness (QED) is 0.464. The minimum absolute atomic E-state index is 0.117. The van der Waals surface area contributed by atoms with Gasteiger partial charge in [-0.05, 0) is 25.5 Å². The Labute approximate surface area is 102 Å². The second-order valence-electron chi connectivity index (χ2n) is 4.16. The summed E-state index contributed by atoms with van der Waals surface area (Å²) in [6, 6.07) is 0.945. The maximum atomic E-state index is 11.9. The van der Waals surface area contributed by atoms with Crippen molar-refractivity contribution in [3.63, 3.8) is 0 Å². The topological polar surface area (TPSA) is 102 Å². The van der Waals surface area contributed by atoms with Gasteiger partial charge in [0.05, 0.1) is 17.5 Å². The van der Waals surface area contributed by atoms with Crippen LogP contribution in [0.4, 0.5) is 10.5 Å². The van der Waals surface area contributed by atoms with Gasteiger partial charge in [-0.1, -0.05) is 0 Å². The number of ketones is 2. The molecule has 0 bridgehead atoms. The molecule has 0 radical (unpaired) electrons. The number of nitrogens with two attached hydrogens (primary N) is 1. The lowest BCUT2D eigenvalue weighted by Crippen LogP contribution is -2.29. The molecule has 0 unspecified atom stereocenters. The molecule has 1 aromatic rings. The van der Waals surface area contributed by atoms with Gasteiger partial charge < -0.3 is 5.73 Å². The highest BCUT2D eigenvalue weighted by molar-refractivity contribution is 6.10. The van der Waals surface area contributed by atoms with E-state index < -0.39 is 6.03 Å². The number of amides is 2. The van der Waals surface area contributed by atoms with Gasteiger partial charge in [-0.2, -0.15) is 9.98 Å². The highest BCUT2D eigenvalue weighted by Gasteiger charge is 2.19.